The molecule has 0 unspecified atom stereocenters. The van der Waals surface area contributed by atoms with Gasteiger partial charge in [0, 0.05) is 23.7 Å². The van der Waals surface area contributed by atoms with Crippen molar-refractivity contribution in [3.8, 4) is 0 Å². The van der Waals surface area contributed by atoms with Gasteiger partial charge < -0.3 is 15.3 Å². The highest BCUT2D eigenvalue weighted by atomic mass is 32.2. The number of hydrogen-bond acceptors (Lipinski definition) is 8. The normalized spacial score (nSPS) is 14.2. The van der Waals surface area contributed by atoms with Crippen LogP contribution < -0.4 is 5.32 Å². The fourth-order valence-electron chi connectivity index (χ4n) is 2.46. The van der Waals surface area contributed by atoms with Gasteiger partial charge in [-0.05, 0) is 19.1 Å². The third-order valence-electron chi connectivity index (χ3n) is 3.93. The lowest BCUT2D eigenvalue weighted by molar-refractivity contribution is -0.143. The van der Waals surface area contributed by atoms with Crippen LogP contribution in [0.2, 0.25) is 0 Å². The molecule has 3 rings (SSSR count). The van der Waals surface area contributed by atoms with E-state index in [0.717, 1.165) is 9.18 Å². The summed E-state index contributed by atoms with van der Waals surface area (Å²) in [6.07, 6.45) is 0.996. The average molecular weight is 469 g/mol. The molecule has 0 radical (unpaired) electrons. The molecule has 0 fully saturated rings. The summed E-state index contributed by atoms with van der Waals surface area (Å²) in [5.41, 5.74) is -0.234. The molecule has 0 saturated heterocycles. The van der Waals surface area contributed by atoms with E-state index >= 15 is 0 Å². The highest BCUT2D eigenvalue weighted by Gasteiger charge is 2.37. The smallest absolute Gasteiger partial charge is 0.303 e. The molecule has 11 nitrogen and oxygen atoms in total. The number of carboxylic acid groups (broad SMARTS) is 2. The van der Waals surface area contributed by atoms with Gasteiger partial charge >= 0.3 is 11.9 Å². The number of aliphatic hydroxyl groups is 1. The first-order chi connectivity index (χ1) is 14.4. The van der Waals surface area contributed by atoms with E-state index in [2.05, 4.69) is 10.3 Å². The zero-order valence-corrected chi connectivity index (χ0v) is 18.0. The van der Waals surface area contributed by atoms with Crippen LogP contribution in [0.5, 0.6) is 0 Å². The monoisotopic (exact) mass is 469 g/mol. The molecule has 1 amide bonds. The van der Waals surface area contributed by atoms with Crippen LogP contribution in [0.3, 0.4) is 0 Å². The predicted octanol–water partition coefficient (Wildman–Crippen LogP) is 1.89. The quantitative estimate of drug-likeness (QED) is 0.509. The Morgan fingerprint density at radius 3 is 2.23 bits per heavy atom. The maximum Gasteiger partial charge on any atom is 0.303 e. The van der Waals surface area contributed by atoms with E-state index in [9.17, 15) is 27.9 Å². The number of benzene rings is 1. The molecule has 31 heavy (non-hydrogen) atoms. The number of fused-ring (bicyclic) bond motifs is 1. The summed E-state index contributed by atoms with van der Waals surface area (Å²) in [5, 5.41) is 29.0. The summed E-state index contributed by atoms with van der Waals surface area (Å²) in [5.74, 6) is -3.28. The number of aliphatic carboxylic acids is 2. The Bertz CT molecular complexity index is 1140. The molecule has 13 heteroatoms. The molecule has 2 heterocycles. The van der Waals surface area contributed by atoms with Gasteiger partial charge in [-0.1, -0.05) is 12.1 Å². The first kappa shape index (κ1) is 23.8. The standard InChI is InChI=1S/C14H13N3O4S2.C4H6O4/c1-8-7-15-14(22-8)16-13(19)11-12(18)9-5-3-4-6-10(9)23(20,21)17(11)2;5-3(6)1-2-4(7)8/h3-7,18H,1-2H3,(H,15,16,19);1-2H2,(H,5,6)(H,7,8). The van der Waals surface area contributed by atoms with Crippen LogP contribution in [-0.4, -0.2) is 57.9 Å². The number of carbonyl (C=O) groups excluding carboxylic acids is 1. The van der Waals surface area contributed by atoms with E-state index in [1.165, 1.54) is 30.5 Å². The largest absolute Gasteiger partial charge is 0.505 e. The summed E-state index contributed by atoms with van der Waals surface area (Å²) in [4.78, 5) is 36.6. The number of likely N-dealkylation sites (N-methyl/N-ethyl adjacent to an activating group) is 1. The minimum atomic E-state index is -3.90. The molecule has 0 atom stereocenters. The van der Waals surface area contributed by atoms with Gasteiger partial charge in [-0.3, -0.25) is 24.0 Å². The van der Waals surface area contributed by atoms with Crippen molar-refractivity contribution in [3.05, 3.63) is 46.6 Å². The Balaban J connectivity index is 0.000000366. The number of carbonyl (C=O) groups is 3. The van der Waals surface area contributed by atoms with Crippen molar-refractivity contribution in [1.29, 1.82) is 0 Å². The third kappa shape index (κ3) is 5.58. The second-order valence-electron chi connectivity index (χ2n) is 6.18. The number of nitrogens with one attached hydrogen (secondary N) is 1. The summed E-state index contributed by atoms with van der Waals surface area (Å²) >= 11 is 1.25. The van der Waals surface area contributed by atoms with Gasteiger partial charge in [-0.25, -0.2) is 13.4 Å². The van der Waals surface area contributed by atoms with Crippen molar-refractivity contribution in [2.24, 2.45) is 0 Å². The van der Waals surface area contributed by atoms with Crippen molar-refractivity contribution < 1.29 is 38.1 Å². The summed E-state index contributed by atoms with van der Waals surface area (Å²) in [7, 11) is -2.67. The molecule has 1 aliphatic rings. The Hall–Kier alpha value is -3.45. The van der Waals surface area contributed by atoms with E-state index in [-0.39, 0.29) is 34.8 Å². The summed E-state index contributed by atoms with van der Waals surface area (Å²) in [6, 6.07) is 5.99. The third-order valence-corrected chi connectivity index (χ3v) is 6.57. The first-order valence-corrected chi connectivity index (χ1v) is 10.9. The highest BCUT2D eigenvalue weighted by molar-refractivity contribution is 7.89. The number of amides is 1. The number of anilines is 1. The van der Waals surface area contributed by atoms with Crippen LogP contribution in [0.25, 0.3) is 5.76 Å². The number of thiazole rings is 1. The van der Waals surface area contributed by atoms with E-state index < -0.39 is 27.9 Å². The lowest BCUT2D eigenvalue weighted by atomic mass is 10.1. The summed E-state index contributed by atoms with van der Waals surface area (Å²) < 4.78 is 25.8. The number of rotatable bonds is 5. The Kier molecular flexibility index (Phi) is 7.36. The molecular formula is C18H19N3O8S2. The van der Waals surface area contributed by atoms with Gasteiger partial charge in [0.25, 0.3) is 15.9 Å². The minimum absolute atomic E-state index is 0.0401. The number of carboxylic acids is 2. The van der Waals surface area contributed by atoms with Gasteiger partial charge in [0.1, 0.15) is 0 Å². The van der Waals surface area contributed by atoms with Crippen LogP contribution in [0.4, 0.5) is 5.13 Å². The van der Waals surface area contributed by atoms with Crippen LogP contribution >= 0.6 is 11.3 Å². The van der Waals surface area contributed by atoms with Crippen molar-refractivity contribution >= 4 is 50.1 Å². The summed E-state index contributed by atoms with van der Waals surface area (Å²) in [6.45, 7) is 1.83. The van der Waals surface area contributed by atoms with Gasteiger partial charge in [-0.2, -0.15) is 0 Å². The van der Waals surface area contributed by atoms with Crippen LogP contribution in [0.1, 0.15) is 23.3 Å². The number of aliphatic hydroxyl groups excluding tert-OH is 1. The fourth-order valence-corrected chi connectivity index (χ4v) is 4.52. The number of sulfonamides is 1. The molecule has 4 N–H and O–H groups in total. The first-order valence-electron chi connectivity index (χ1n) is 8.64. The van der Waals surface area contributed by atoms with Crippen molar-refractivity contribution in [2.75, 3.05) is 12.4 Å². The molecule has 0 saturated carbocycles. The highest BCUT2D eigenvalue weighted by Crippen LogP contribution is 2.34. The zero-order valence-electron chi connectivity index (χ0n) is 16.4. The second kappa shape index (κ2) is 9.57. The van der Waals surface area contributed by atoms with E-state index in [4.69, 9.17) is 10.2 Å². The van der Waals surface area contributed by atoms with Gasteiger partial charge in [0.15, 0.2) is 16.6 Å². The lowest BCUT2D eigenvalue weighted by Crippen LogP contribution is -2.37. The number of nitrogens with zero attached hydrogens (tertiary/aromatic N) is 2. The lowest BCUT2D eigenvalue weighted by Gasteiger charge is -2.28. The van der Waals surface area contributed by atoms with Crippen molar-refractivity contribution in [3.63, 3.8) is 0 Å². The van der Waals surface area contributed by atoms with Crippen molar-refractivity contribution in [2.45, 2.75) is 24.7 Å². The molecule has 0 aliphatic carbocycles. The Morgan fingerprint density at radius 1 is 1.13 bits per heavy atom. The van der Waals surface area contributed by atoms with E-state index in [1.54, 1.807) is 18.3 Å². The Labute approximate surface area is 181 Å². The maximum atomic E-state index is 12.5. The minimum Gasteiger partial charge on any atom is -0.505 e. The predicted molar refractivity (Wildman–Crippen MR) is 111 cm³/mol. The average Bonchev–Trinajstić information content (AvgIpc) is 3.10. The van der Waals surface area contributed by atoms with Crippen LogP contribution in [-0.2, 0) is 24.4 Å². The van der Waals surface area contributed by atoms with E-state index in [1.807, 2.05) is 6.92 Å². The molecule has 166 valence electrons. The molecule has 1 aliphatic heterocycles. The van der Waals surface area contributed by atoms with Crippen LogP contribution in [0.15, 0.2) is 41.1 Å². The number of hydrogen-bond donors (Lipinski definition) is 4. The van der Waals surface area contributed by atoms with Crippen molar-refractivity contribution in [1.82, 2.24) is 9.29 Å². The molecule has 0 bridgehead atoms. The van der Waals surface area contributed by atoms with Crippen LogP contribution in [0, 0.1) is 6.92 Å². The molecule has 1 aromatic carbocycles. The van der Waals surface area contributed by atoms with Gasteiger partial charge in [0.2, 0.25) is 0 Å². The number of aryl methyl sites for hydroxylation is 1. The zero-order chi connectivity index (χ0) is 23.3. The van der Waals surface area contributed by atoms with E-state index in [0.29, 0.717) is 5.13 Å². The topological polar surface area (TPSA) is 174 Å². The molecule has 1 aromatic heterocycles. The second-order valence-corrected chi connectivity index (χ2v) is 9.36. The molecule has 0 spiro atoms. The Morgan fingerprint density at radius 2 is 1.71 bits per heavy atom. The number of aromatic nitrogens is 1. The molecule has 2 aromatic rings. The van der Waals surface area contributed by atoms with Gasteiger partial charge in [0.05, 0.1) is 17.7 Å². The maximum absolute atomic E-state index is 12.5. The fraction of sp³-hybridized carbons (Fsp3) is 0.222. The molecular weight excluding hydrogens is 450 g/mol. The van der Waals surface area contributed by atoms with Gasteiger partial charge in [-0.15, -0.1) is 11.3 Å². The SMILES string of the molecule is Cc1cnc(NC(=O)C2=C(O)c3ccccc3S(=O)(=O)N2C)s1.O=C(O)CCC(=O)O.